The van der Waals surface area contributed by atoms with Gasteiger partial charge in [-0.05, 0) is 51.3 Å². The van der Waals surface area contributed by atoms with Crippen LogP contribution < -0.4 is 9.47 Å². The maximum absolute atomic E-state index is 10.3. The van der Waals surface area contributed by atoms with Crippen molar-refractivity contribution in [1.82, 2.24) is 4.90 Å². The van der Waals surface area contributed by atoms with Gasteiger partial charge in [0.1, 0.15) is 0 Å². The lowest BCUT2D eigenvalue weighted by atomic mass is 10.1. The zero-order chi connectivity index (χ0) is 17.7. The van der Waals surface area contributed by atoms with Crippen LogP contribution in [0.5, 0.6) is 11.5 Å². The van der Waals surface area contributed by atoms with Crippen molar-refractivity contribution in [1.29, 1.82) is 0 Å². The highest BCUT2D eigenvalue weighted by Crippen LogP contribution is 2.31. The quantitative estimate of drug-likeness (QED) is 0.751. The summed E-state index contributed by atoms with van der Waals surface area (Å²) in [6.45, 7) is 7.78. The van der Waals surface area contributed by atoms with Crippen LogP contribution in [0.1, 0.15) is 39.2 Å². The van der Waals surface area contributed by atoms with Crippen molar-refractivity contribution in [3.63, 3.8) is 0 Å². The molecule has 1 aliphatic carbocycles. The fourth-order valence-corrected chi connectivity index (χ4v) is 2.67. The molecule has 2 rings (SSSR count). The van der Waals surface area contributed by atoms with Crippen LogP contribution in [-0.4, -0.2) is 55.1 Å². The molecule has 24 heavy (non-hydrogen) atoms. The van der Waals surface area contributed by atoms with Gasteiger partial charge in [-0.25, -0.2) is 0 Å². The van der Waals surface area contributed by atoms with E-state index >= 15 is 0 Å². The molecule has 5 heteroatoms. The van der Waals surface area contributed by atoms with E-state index in [1.54, 1.807) is 14.2 Å². The molecular formula is C19H31NO4. The smallest absolute Gasteiger partial charge is 0.161 e. The van der Waals surface area contributed by atoms with Crippen LogP contribution in [0, 0.1) is 0 Å². The van der Waals surface area contributed by atoms with E-state index in [4.69, 9.17) is 14.2 Å². The summed E-state index contributed by atoms with van der Waals surface area (Å²) in [5.74, 6) is 1.47. The molecule has 0 radical (unpaired) electrons. The number of methoxy groups -OCH3 is 2. The number of aliphatic hydroxyl groups is 1. The second-order valence-corrected chi connectivity index (χ2v) is 7.43. The molecule has 0 saturated heterocycles. The van der Waals surface area contributed by atoms with E-state index in [0.29, 0.717) is 19.2 Å². The molecule has 1 aromatic carbocycles. The first-order valence-electron chi connectivity index (χ1n) is 8.59. The van der Waals surface area contributed by atoms with Gasteiger partial charge in [-0.1, -0.05) is 6.07 Å². The van der Waals surface area contributed by atoms with Gasteiger partial charge in [0.2, 0.25) is 0 Å². The molecule has 0 aliphatic heterocycles. The standard InChI is InChI=1S/C19H31NO4/c1-19(2,3)24-13-16(21)12-20(15-7-8-15)11-14-6-9-17(22-4)18(10-14)23-5/h6,9-10,15-16,21H,7-8,11-13H2,1-5H3/t16-/m1/s1. The Bertz CT molecular complexity index is 523. The van der Waals surface area contributed by atoms with Crippen molar-refractivity contribution in [2.45, 2.75) is 57.9 Å². The van der Waals surface area contributed by atoms with Gasteiger partial charge in [0.15, 0.2) is 11.5 Å². The van der Waals surface area contributed by atoms with Crippen molar-refractivity contribution in [3.05, 3.63) is 23.8 Å². The van der Waals surface area contributed by atoms with Crippen LogP contribution >= 0.6 is 0 Å². The molecule has 136 valence electrons. The summed E-state index contributed by atoms with van der Waals surface area (Å²) in [7, 11) is 3.29. The van der Waals surface area contributed by atoms with E-state index in [2.05, 4.69) is 11.0 Å². The minimum atomic E-state index is -0.482. The second kappa shape index (κ2) is 8.19. The maximum atomic E-state index is 10.3. The summed E-state index contributed by atoms with van der Waals surface area (Å²) in [4.78, 5) is 2.33. The fourth-order valence-electron chi connectivity index (χ4n) is 2.67. The van der Waals surface area contributed by atoms with Crippen LogP contribution in [0.25, 0.3) is 0 Å². The summed E-state index contributed by atoms with van der Waals surface area (Å²) in [6.07, 6.45) is 1.91. The van der Waals surface area contributed by atoms with Gasteiger partial charge < -0.3 is 19.3 Å². The third-order valence-electron chi connectivity index (χ3n) is 4.05. The highest BCUT2D eigenvalue weighted by molar-refractivity contribution is 5.42. The van der Waals surface area contributed by atoms with Crippen molar-refractivity contribution >= 4 is 0 Å². The van der Waals surface area contributed by atoms with Gasteiger partial charge in [0.05, 0.1) is 32.5 Å². The van der Waals surface area contributed by atoms with Crippen LogP contribution in [0.3, 0.4) is 0 Å². The van der Waals surface area contributed by atoms with Crippen molar-refractivity contribution < 1.29 is 19.3 Å². The molecule has 0 spiro atoms. The molecule has 0 aromatic heterocycles. The SMILES string of the molecule is COc1ccc(CN(C[C@@H](O)COC(C)(C)C)C2CC2)cc1OC. The summed E-state index contributed by atoms with van der Waals surface area (Å²) in [5, 5.41) is 10.3. The van der Waals surface area contributed by atoms with E-state index < -0.39 is 6.10 Å². The monoisotopic (exact) mass is 337 g/mol. The molecule has 1 aliphatic rings. The molecule has 1 aromatic rings. The molecule has 0 bridgehead atoms. The van der Waals surface area contributed by atoms with Gasteiger partial charge in [-0.15, -0.1) is 0 Å². The van der Waals surface area contributed by atoms with Gasteiger partial charge in [0.25, 0.3) is 0 Å². The van der Waals surface area contributed by atoms with E-state index in [9.17, 15) is 5.11 Å². The first-order chi connectivity index (χ1) is 11.3. The highest BCUT2D eigenvalue weighted by atomic mass is 16.5. The van der Waals surface area contributed by atoms with Crippen molar-refractivity contribution in [2.75, 3.05) is 27.4 Å². The Morgan fingerprint density at radius 3 is 2.38 bits per heavy atom. The van der Waals surface area contributed by atoms with Gasteiger partial charge >= 0.3 is 0 Å². The lowest BCUT2D eigenvalue weighted by Gasteiger charge is -2.27. The fraction of sp³-hybridized carbons (Fsp3) is 0.684. The van der Waals surface area contributed by atoms with Gasteiger partial charge in [-0.2, -0.15) is 0 Å². The Hall–Kier alpha value is -1.30. The average Bonchev–Trinajstić information content (AvgIpc) is 3.36. The Kier molecular flexibility index (Phi) is 6.49. The zero-order valence-electron chi connectivity index (χ0n) is 15.5. The van der Waals surface area contributed by atoms with Crippen molar-refractivity contribution in [2.24, 2.45) is 0 Å². The summed E-state index contributed by atoms with van der Waals surface area (Å²) in [6, 6.07) is 6.54. The number of benzene rings is 1. The van der Waals surface area contributed by atoms with Crippen molar-refractivity contribution in [3.8, 4) is 11.5 Å². The van der Waals surface area contributed by atoms with E-state index in [-0.39, 0.29) is 5.60 Å². The molecule has 0 heterocycles. The molecular weight excluding hydrogens is 306 g/mol. The maximum Gasteiger partial charge on any atom is 0.161 e. The lowest BCUT2D eigenvalue weighted by molar-refractivity contribution is -0.0572. The number of ether oxygens (including phenoxy) is 3. The minimum absolute atomic E-state index is 0.227. The summed E-state index contributed by atoms with van der Waals surface area (Å²) < 4.78 is 16.4. The molecule has 0 unspecified atom stereocenters. The van der Waals surface area contributed by atoms with Gasteiger partial charge in [-0.3, -0.25) is 4.90 Å². The third-order valence-corrected chi connectivity index (χ3v) is 4.05. The first-order valence-corrected chi connectivity index (χ1v) is 8.59. The number of rotatable bonds is 9. The van der Waals surface area contributed by atoms with Gasteiger partial charge in [0, 0.05) is 19.1 Å². The zero-order valence-corrected chi connectivity index (χ0v) is 15.5. The molecule has 1 saturated carbocycles. The number of hydrogen-bond acceptors (Lipinski definition) is 5. The van der Waals surface area contributed by atoms with Crippen LogP contribution in [-0.2, 0) is 11.3 Å². The summed E-state index contributed by atoms with van der Waals surface area (Å²) >= 11 is 0. The van der Waals surface area contributed by atoms with Crippen LogP contribution in [0.15, 0.2) is 18.2 Å². The van der Waals surface area contributed by atoms with E-state index in [1.165, 1.54) is 12.8 Å². The first kappa shape index (κ1) is 19.0. The largest absolute Gasteiger partial charge is 0.493 e. The molecule has 1 atom stereocenters. The summed E-state index contributed by atoms with van der Waals surface area (Å²) in [5.41, 5.74) is 0.929. The minimum Gasteiger partial charge on any atom is -0.493 e. The molecule has 1 fully saturated rings. The van der Waals surface area contributed by atoms with Crippen LogP contribution in [0.4, 0.5) is 0 Å². The molecule has 0 amide bonds. The average molecular weight is 337 g/mol. The Labute approximate surface area is 145 Å². The number of hydrogen-bond donors (Lipinski definition) is 1. The second-order valence-electron chi connectivity index (χ2n) is 7.43. The number of aliphatic hydroxyl groups excluding tert-OH is 1. The highest BCUT2D eigenvalue weighted by Gasteiger charge is 2.30. The Morgan fingerprint density at radius 2 is 1.83 bits per heavy atom. The molecule has 5 nitrogen and oxygen atoms in total. The normalized spacial score (nSPS) is 16.3. The lowest BCUT2D eigenvalue weighted by Crippen LogP contribution is -2.37. The van der Waals surface area contributed by atoms with E-state index in [1.807, 2.05) is 32.9 Å². The Morgan fingerprint density at radius 1 is 1.17 bits per heavy atom. The Balaban J connectivity index is 1.96. The van der Waals surface area contributed by atoms with E-state index in [0.717, 1.165) is 23.6 Å². The van der Waals surface area contributed by atoms with Crippen LogP contribution in [0.2, 0.25) is 0 Å². The predicted octanol–water partition coefficient (Wildman–Crippen LogP) is 2.84. The third kappa shape index (κ3) is 5.96. The molecule has 1 N–H and O–H groups in total. The topological polar surface area (TPSA) is 51.2 Å². The number of nitrogens with zero attached hydrogens (tertiary/aromatic N) is 1. The predicted molar refractivity (Wildman–Crippen MR) is 94.7 cm³/mol.